The van der Waals surface area contributed by atoms with Gasteiger partial charge in [0.25, 0.3) is 0 Å². The van der Waals surface area contributed by atoms with E-state index in [1.807, 2.05) is 40.9 Å². The zero-order valence-electron chi connectivity index (χ0n) is 14.4. The summed E-state index contributed by atoms with van der Waals surface area (Å²) in [6.45, 7) is 6.29. The second-order valence-electron chi connectivity index (χ2n) is 6.35. The molecule has 4 aromatic rings. The molecule has 6 heteroatoms. The lowest BCUT2D eigenvalue weighted by atomic mass is 10.1. The van der Waals surface area contributed by atoms with Crippen molar-refractivity contribution in [1.82, 2.24) is 19.7 Å². The van der Waals surface area contributed by atoms with E-state index in [-0.39, 0.29) is 6.10 Å². The first-order valence-electron chi connectivity index (χ1n) is 8.34. The molecule has 0 bridgehead atoms. The zero-order valence-corrected chi connectivity index (χ0v) is 15.2. The molecule has 4 rings (SSSR count). The number of hydrogen-bond donors (Lipinski definition) is 1. The van der Waals surface area contributed by atoms with Crippen LogP contribution in [0.4, 0.5) is 0 Å². The van der Waals surface area contributed by atoms with Gasteiger partial charge in [-0.15, -0.1) is 11.3 Å². The Kier molecular flexibility index (Phi) is 4.05. The summed E-state index contributed by atoms with van der Waals surface area (Å²) in [5, 5.41) is 4.67. The molecule has 0 fully saturated rings. The number of H-pyrrole nitrogens is 1. The quantitative estimate of drug-likeness (QED) is 0.536. The van der Waals surface area contributed by atoms with E-state index in [0.717, 1.165) is 32.8 Å². The Morgan fingerprint density at radius 1 is 1.20 bits per heavy atom. The van der Waals surface area contributed by atoms with E-state index >= 15 is 0 Å². The first-order chi connectivity index (χ1) is 12.1. The maximum atomic E-state index is 6.26. The fourth-order valence-corrected chi connectivity index (χ4v) is 3.53. The third-order valence-corrected chi connectivity index (χ3v) is 5.08. The Morgan fingerprint density at radius 3 is 2.80 bits per heavy atom. The average molecular weight is 352 g/mol. The highest BCUT2D eigenvalue weighted by molar-refractivity contribution is 7.17. The van der Waals surface area contributed by atoms with Gasteiger partial charge >= 0.3 is 0 Å². The normalized spacial score (nSPS) is 12.8. The molecule has 3 aromatic heterocycles. The molecule has 1 atom stereocenters. The van der Waals surface area contributed by atoms with E-state index in [2.05, 4.69) is 48.0 Å². The number of fused-ring (bicyclic) bond motifs is 1. The predicted molar refractivity (Wildman–Crippen MR) is 101 cm³/mol. The van der Waals surface area contributed by atoms with Crippen LogP contribution in [0.5, 0.6) is 5.75 Å². The fourth-order valence-electron chi connectivity index (χ4n) is 2.80. The molecule has 0 spiro atoms. The molecule has 0 aliphatic rings. The van der Waals surface area contributed by atoms with Gasteiger partial charge in [0.2, 0.25) is 0 Å². The lowest BCUT2D eigenvalue weighted by molar-refractivity contribution is 0.230. The van der Waals surface area contributed by atoms with Crippen molar-refractivity contribution < 1.29 is 4.74 Å². The van der Waals surface area contributed by atoms with Crippen LogP contribution in [-0.2, 0) is 0 Å². The Balaban J connectivity index is 1.74. The van der Waals surface area contributed by atoms with E-state index in [9.17, 15) is 0 Å². The van der Waals surface area contributed by atoms with E-state index in [0.29, 0.717) is 6.04 Å². The minimum absolute atomic E-state index is 0.0416. The van der Waals surface area contributed by atoms with Crippen LogP contribution in [0, 0.1) is 0 Å². The molecule has 0 amide bonds. The van der Waals surface area contributed by atoms with Crippen LogP contribution >= 0.6 is 11.3 Å². The van der Waals surface area contributed by atoms with Crippen LogP contribution in [0.15, 0.2) is 48.4 Å². The van der Waals surface area contributed by atoms with Crippen LogP contribution in [0.25, 0.3) is 21.5 Å². The summed E-state index contributed by atoms with van der Waals surface area (Å²) < 4.78 is 9.29. The van der Waals surface area contributed by atoms with Crippen molar-refractivity contribution in [1.29, 1.82) is 0 Å². The molecule has 1 aromatic carbocycles. The molecule has 0 saturated heterocycles. The predicted octanol–water partition coefficient (Wildman–Crippen LogP) is 5.21. The standard InChI is InChI=1S/C19H20N4OS/c1-12(2)23-7-5-16(22-23)15-8-17-19(25-11-21-17)18(9-15)24-13(3)14-4-6-20-10-14/h4-13,20H,1-3H3/t13-/m1/s1. The summed E-state index contributed by atoms with van der Waals surface area (Å²) in [5.74, 6) is 0.850. The second-order valence-corrected chi connectivity index (χ2v) is 7.21. The highest BCUT2D eigenvalue weighted by Crippen LogP contribution is 2.36. The molecule has 0 radical (unpaired) electrons. The van der Waals surface area contributed by atoms with Crippen LogP contribution in [0.3, 0.4) is 0 Å². The molecular formula is C19H20N4OS. The number of nitrogens with zero attached hydrogens (tertiary/aromatic N) is 3. The van der Waals surface area contributed by atoms with Gasteiger partial charge in [0.05, 0.1) is 21.4 Å². The SMILES string of the molecule is CC(C)n1ccc(-c2cc(O[C@H](C)c3cc[nH]c3)c3scnc3c2)n1. The maximum absolute atomic E-state index is 6.26. The summed E-state index contributed by atoms with van der Waals surface area (Å²) in [6, 6.07) is 8.54. The van der Waals surface area contributed by atoms with Crippen molar-refractivity contribution in [2.45, 2.75) is 32.9 Å². The molecule has 3 heterocycles. The van der Waals surface area contributed by atoms with Crippen molar-refractivity contribution in [3.8, 4) is 17.0 Å². The van der Waals surface area contributed by atoms with E-state index < -0.39 is 0 Å². The van der Waals surface area contributed by atoms with Crippen molar-refractivity contribution >= 4 is 21.6 Å². The van der Waals surface area contributed by atoms with Crippen LogP contribution in [-0.4, -0.2) is 19.7 Å². The topological polar surface area (TPSA) is 55.7 Å². The minimum atomic E-state index is -0.0416. The molecule has 0 aliphatic carbocycles. The Labute approximate surface area is 150 Å². The highest BCUT2D eigenvalue weighted by atomic mass is 32.1. The molecular weight excluding hydrogens is 332 g/mol. The Hall–Kier alpha value is -2.60. The first kappa shape index (κ1) is 15.9. The van der Waals surface area contributed by atoms with Crippen LogP contribution in [0.1, 0.15) is 38.5 Å². The van der Waals surface area contributed by atoms with Crippen LogP contribution < -0.4 is 4.74 Å². The third kappa shape index (κ3) is 3.05. The summed E-state index contributed by atoms with van der Waals surface area (Å²) in [4.78, 5) is 7.55. The van der Waals surface area contributed by atoms with Gasteiger partial charge in [-0.05, 0) is 45.0 Å². The summed E-state index contributed by atoms with van der Waals surface area (Å²) in [5.41, 5.74) is 5.87. The van der Waals surface area contributed by atoms with E-state index in [4.69, 9.17) is 4.74 Å². The van der Waals surface area contributed by atoms with Gasteiger partial charge in [-0.1, -0.05) is 0 Å². The lowest BCUT2D eigenvalue weighted by Gasteiger charge is -2.15. The smallest absolute Gasteiger partial charge is 0.140 e. The third-order valence-electron chi connectivity index (χ3n) is 4.23. The van der Waals surface area contributed by atoms with Gasteiger partial charge in [0, 0.05) is 35.8 Å². The van der Waals surface area contributed by atoms with Crippen molar-refractivity contribution in [3.63, 3.8) is 0 Å². The van der Waals surface area contributed by atoms with E-state index in [1.165, 1.54) is 0 Å². The number of benzene rings is 1. The van der Waals surface area contributed by atoms with Crippen molar-refractivity contribution in [2.75, 3.05) is 0 Å². The summed E-state index contributed by atoms with van der Waals surface area (Å²) in [6.07, 6.45) is 5.84. The fraction of sp³-hybridized carbons (Fsp3) is 0.263. The zero-order chi connectivity index (χ0) is 17.4. The van der Waals surface area contributed by atoms with Crippen LogP contribution in [0.2, 0.25) is 0 Å². The van der Waals surface area contributed by atoms with Crippen molar-refractivity contribution in [3.05, 3.63) is 53.9 Å². The average Bonchev–Trinajstić information content (AvgIpc) is 3.34. The summed E-state index contributed by atoms with van der Waals surface area (Å²) in [7, 11) is 0. The lowest BCUT2D eigenvalue weighted by Crippen LogP contribution is -2.02. The Bertz CT molecular complexity index is 984. The molecule has 5 nitrogen and oxygen atoms in total. The second kappa shape index (κ2) is 6.37. The maximum Gasteiger partial charge on any atom is 0.140 e. The van der Waals surface area contributed by atoms with Gasteiger partial charge in [0.1, 0.15) is 11.9 Å². The van der Waals surface area contributed by atoms with E-state index in [1.54, 1.807) is 11.3 Å². The van der Waals surface area contributed by atoms with Crippen molar-refractivity contribution in [2.24, 2.45) is 0 Å². The Morgan fingerprint density at radius 2 is 2.08 bits per heavy atom. The number of aromatic nitrogens is 4. The summed E-state index contributed by atoms with van der Waals surface area (Å²) >= 11 is 1.60. The number of nitrogens with one attached hydrogen (secondary N) is 1. The molecule has 0 unspecified atom stereocenters. The minimum Gasteiger partial charge on any atom is -0.484 e. The highest BCUT2D eigenvalue weighted by Gasteiger charge is 2.15. The largest absolute Gasteiger partial charge is 0.484 e. The van der Waals surface area contributed by atoms with Gasteiger partial charge < -0.3 is 9.72 Å². The molecule has 25 heavy (non-hydrogen) atoms. The van der Waals surface area contributed by atoms with Gasteiger partial charge in [-0.25, -0.2) is 4.98 Å². The monoisotopic (exact) mass is 352 g/mol. The van der Waals surface area contributed by atoms with Gasteiger partial charge in [-0.3, -0.25) is 4.68 Å². The molecule has 128 valence electrons. The van der Waals surface area contributed by atoms with Gasteiger partial charge in [0.15, 0.2) is 0 Å². The van der Waals surface area contributed by atoms with Gasteiger partial charge in [-0.2, -0.15) is 5.10 Å². The number of rotatable bonds is 5. The molecule has 1 N–H and O–H groups in total. The molecule has 0 aliphatic heterocycles. The number of ether oxygens (including phenoxy) is 1. The number of thiazole rings is 1. The number of aromatic amines is 1. The first-order valence-corrected chi connectivity index (χ1v) is 9.22. The molecule has 0 saturated carbocycles. The number of hydrogen-bond acceptors (Lipinski definition) is 4.